The number of nitrogens with zero attached hydrogens (tertiary/aromatic N) is 1. The summed E-state index contributed by atoms with van der Waals surface area (Å²) in [7, 11) is 0. The van der Waals surface area contributed by atoms with E-state index in [1.807, 2.05) is 13.0 Å². The summed E-state index contributed by atoms with van der Waals surface area (Å²) in [6.07, 6.45) is 3.66. The van der Waals surface area contributed by atoms with Crippen LogP contribution in [0, 0.1) is 18.3 Å². The Morgan fingerprint density at radius 3 is 2.71 bits per heavy atom. The molecular formula is C17H20ClN3O3. The van der Waals surface area contributed by atoms with E-state index in [0.717, 1.165) is 18.4 Å². The molecule has 0 spiro atoms. The van der Waals surface area contributed by atoms with Crippen molar-refractivity contribution in [2.75, 3.05) is 11.9 Å². The predicted octanol–water partition coefficient (Wildman–Crippen LogP) is 3.23. The van der Waals surface area contributed by atoms with Crippen LogP contribution in [0.25, 0.3) is 0 Å². The molecule has 0 atom stereocenters. The van der Waals surface area contributed by atoms with Crippen molar-refractivity contribution in [1.29, 1.82) is 5.26 Å². The molecule has 6 nitrogen and oxygen atoms in total. The van der Waals surface area contributed by atoms with Gasteiger partial charge in [0.2, 0.25) is 0 Å². The van der Waals surface area contributed by atoms with Gasteiger partial charge in [0, 0.05) is 29.9 Å². The number of halogens is 1. The Morgan fingerprint density at radius 2 is 2.08 bits per heavy atom. The molecule has 0 heterocycles. The Balaban J connectivity index is 2.44. The number of aryl methyl sites for hydroxylation is 1. The van der Waals surface area contributed by atoms with Crippen LogP contribution in [0.3, 0.4) is 0 Å². The highest BCUT2D eigenvalue weighted by atomic mass is 35.5. The molecule has 0 aliphatic rings. The molecular weight excluding hydrogens is 330 g/mol. The summed E-state index contributed by atoms with van der Waals surface area (Å²) in [5.41, 5.74) is 1.37. The van der Waals surface area contributed by atoms with E-state index in [1.165, 1.54) is 6.20 Å². The molecule has 0 saturated carbocycles. The number of hydrogen-bond donors (Lipinski definition) is 3. The molecule has 0 aromatic heterocycles. The molecule has 1 aromatic carbocycles. The van der Waals surface area contributed by atoms with E-state index < -0.39 is 11.9 Å². The van der Waals surface area contributed by atoms with E-state index in [0.29, 0.717) is 23.7 Å². The number of nitrogens with one attached hydrogen (secondary N) is 2. The molecule has 1 aromatic rings. The fourth-order valence-corrected chi connectivity index (χ4v) is 2.05. The minimum Gasteiger partial charge on any atom is -0.481 e. The van der Waals surface area contributed by atoms with Gasteiger partial charge in [-0.3, -0.25) is 9.59 Å². The molecule has 0 aliphatic carbocycles. The second-order valence-electron chi connectivity index (χ2n) is 5.25. The molecule has 3 N–H and O–H groups in total. The number of carboxylic acid groups (broad SMARTS) is 1. The monoisotopic (exact) mass is 349 g/mol. The zero-order valence-corrected chi connectivity index (χ0v) is 14.2. The van der Waals surface area contributed by atoms with Gasteiger partial charge in [-0.05, 0) is 37.5 Å². The smallest absolute Gasteiger partial charge is 0.303 e. The predicted molar refractivity (Wildman–Crippen MR) is 92.6 cm³/mol. The first-order valence-corrected chi connectivity index (χ1v) is 7.94. The van der Waals surface area contributed by atoms with Crippen LogP contribution in [0.5, 0.6) is 0 Å². The zero-order chi connectivity index (χ0) is 17.9. The Bertz CT molecular complexity index is 666. The molecule has 1 amide bonds. The van der Waals surface area contributed by atoms with Crippen molar-refractivity contribution < 1.29 is 14.7 Å². The van der Waals surface area contributed by atoms with Crippen molar-refractivity contribution in [3.63, 3.8) is 0 Å². The van der Waals surface area contributed by atoms with E-state index >= 15 is 0 Å². The van der Waals surface area contributed by atoms with Gasteiger partial charge in [-0.15, -0.1) is 0 Å². The van der Waals surface area contributed by atoms with Crippen molar-refractivity contribution in [2.45, 2.75) is 32.6 Å². The number of carbonyl (C=O) groups is 2. The Labute approximate surface area is 146 Å². The Hall–Kier alpha value is -2.52. The van der Waals surface area contributed by atoms with Crippen molar-refractivity contribution >= 4 is 29.2 Å². The maximum absolute atomic E-state index is 12.0. The molecule has 1 rings (SSSR count). The fraction of sp³-hybridized carbons (Fsp3) is 0.353. The van der Waals surface area contributed by atoms with E-state index in [1.54, 1.807) is 18.2 Å². The van der Waals surface area contributed by atoms with E-state index in [9.17, 15) is 9.59 Å². The lowest BCUT2D eigenvalue weighted by Gasteiger charge is -2.06. The highest BCUT2D eigenvalue weighted by Gasteiger charge is 2.09. The highest BCUT2D eigenvalue weighted by molar-refractivity contribution is 6.31. The van der Waals surface area contributed by atoms with Crippen LogP contribution >= 0.6 is 11.6 Å². The van der Waals surface area contributed by atoms with Crippen LogP contribution in [0.2, 0.25) is 5.02 Å². The number of unbranched alkanes of at least 4 members (excludes halogenated alkanes) is 2. The maximum Gasteiger partial charge on any atom is 0.303 e. The molecule has 0 aliphatic heterocycles. The summed E-state index contributed by atoms with van der Waals surface area (Å²) in [5.74, 6) is -1.32. The van der Waals surface area contributed by atoms with Gasteiger partial charge in [0.25, 0.3) is 5.91 Å². The fourth-order valence-electron chi connectivity index (χ4n) is 1.87. The van der Waals surface area contributed by atoms with Gasteiger partial charge in [0.05, 0.1) is 0 Å². The van der Waals surface area contributed by atoms with Gasteiger partial charge in [0.1, 0.15) is 11.6 Å². The molecule has 0 saturated heterocycles. The van der Waals surface area contributed by atoms with Gasteiger partial charge in [-0.2, -0.15) is 5.26 Å². The molecule has 128 valence electrons. The Morgan fingerprint density at radius 1 is 1.33 bits per heavy atom. The number of carbonyl (C=O) groups excluding carboxylic acids is 1. The SMILES string of the molecule is Cc1ccc(NC(=O)/C(C#N)=C\NCCCCCC(=O)O)cc1Cl. The second-order valence-corrected chi connectivity index (χ2v) is 5.65. The first kappa shape index (κ1) is 19.5. The summed E-state index contributed by atoms with van der Waals surface area (Å²) >= 11 is 5.99. The van der Waals surface area contributed by atoms with Crippen molar-refractivity contribution in [2.24, 2.45) is 0 Å². The quantitative estimate of drug-likeness (QED) is 0.361. The number of nitriles is 1. The topological polar surface area (TPSA) is 102 Å². The lowest BCUT2D eigenvalue weighted by Crippen LogP contribution is -2.17. The maximum atomic E-state index is 12.0. The van der Waals surface area contributed by atoms with E-state index in [2.05, 4.69) is 10.6 Å². The third-order valence-electron chi connectivity index (χ3n) is 3.25. The van der Waals surface area contributed by atoms with Gasteiger partial charge in [0.15, 0.2) is 0 Å². The van der Waals surface area contributed by atoms with Gasteiger partial charge in [-0.25, -0.2) is 0 Å². The van der Waals surface area contributed by atoms with Crippen LogP contribution in [0.4, 0.5) is 5.69 Å². The van der Waals surface area contributed by atoms with Crippen LogP contribution < -0.4 is 10.6 Å². The number of carboxylic acids is 1. The standard InChI is InChI=1S/C17H20ClN3O3/c1-12-6-7-14(9-15(12)18)21-17(24)13(10-19)11-20-8-4-2-3-5-16(22)23/h6-7,9,11,20H,2-5,8H2,1H3,(H,21,24)(H,22,23)/b13-11-. The molecule has 7 heteroatoms. The third-order valence-corrected chi connectivity index (χ3v) is 3.66. The van der Waals surface area contributed by atoms with Gasteiger partial charge >= 0.3 is 5.97 Å². The first-order valence-electron chi connectivity index (χ1n) is 7.57. The number of anilines is 1. The molecule has 24 heavy (non-hydrogen) atoms. The summed E-state index contributed by atoms with van der Waals surface area (Å²) in [4.78, 5) is 22.4. The normalized spacial score (nSPS) is 10.8. The minimum atomic E-state index is -0.803. The minimum absolute atomic E-state index is 0.0442. The summed E-state index contributed by atoms with van der Waals surface area (Å²) in [6, 6.07) is 6.96. The van der Waals surface area contributed by atoms with E-state index in [-0.39, 0.29) is 12.0 Å². The first-order chi connectivity index (χ1) is 11.4. The average Bonchev–Trinajstić information content (AvgIpc) is 2.53. The number of hydrogen-bond acceptors (Lipinski definition) is 4. The number of rotatable bonds is 9. The van der Waals surface area contributed by atoms with Crippen LogP contribution in [0.15, 0.2) is 30.0 Å². The number of benzene rings is 1. The third kappa shape index (κ3) is 7.16. The lowest BCUT2D eigenvalue weighted by molar-refractivity contribution is -0.137. The van der Waals surface area contributed by atoms with Crippen LogP contribution in [-0.2, 0) is 9.59 Å². The highest BCUT2D eigenvalue weighted by Crippen LogP contribution is 2.20. The Kier molecular flexibility index (Phi) is 8.37. The molecule has 0 bridgehead atoms. The molecule has 0 radical (unpaired) electrons. The second kappa shape index (κ2) is 10.3. The summed E-state index contributed by atoms with van der Waals surface area (Å²) in [5, 5.41) is 23.6. The lowest BCUT2D eigenvalue weighted by atomic mass is 10.2. The summed E-state index contributed by atoms with van der Waals surface area (Å²) < 4.78 is 0. The van der Waals surface area contributed by atoms with Crippen molar-refractivity contribution in [1.82, 2.24) is 5.32 Å². The largest absolute Gasteiger partial charge is 0.481 e. The van der Waals surface area contributed by atoms with Gasteiger partial charge < -0.3 is 15.7 Å². The zero-order valence-electron chi connectivity index (χ0n) is 13.4. The van der Waals surface area contributed by atoms with Gasteiger partial charge in [-0.1, -0.05) is 24.1 Å². The van der Waals surface area contributed by atoms with Crippen molar-refractivity contribution in [3.05, 3.63) is 40.6 Å². The molecule has 0 fully saturated rings. The van der Waals surface area contributed by atoms with E-state index in [4.69, 9.17) is 22.0 Å². The molecule has 0 unspecified atom stereocenters. The van der Waals surface area contributed by atoms with Crippen LogP contribution in [-0.4, -0.2) is 23.5 Å². The summed E-state index contributed by atoms with van der Waals surface area (Å²) in [6.45, 7) is 2.42. The van der Waals surface area contributed by atoms with Crippen molar-refractivity contribution in [3.8, 4) is 6.07 Å². The number of amides is 1. The van der Waals surface area contributed by atoms with Crippen LogP contribution in [0.1, 0.15) is 31.2 Å². The number of aliphatic carboxylic acids is 1. The average molecular weight is 350 g/mol.